The molecule has 0 aromatic carbocycles. The molecule has 0 aliphatic heterocycles. The molecule has 0 unspecified atom stereocenters. The molecular weight excluding hydrogens is 198 g/mol. The molecule has 0 saturated carbocycles. The third-order valence-electron chi connectivity index (χ3n) is 1.37. The van der Waals surface area contributed by atoms with E-state index in [1.165, 1.54) is 0 Å². The first kappa shape index (κ1) is 13.0. The number of nitriles is 1. The van der Waals surface area contributed by atoms with E-state index in [1.54, 1.807) is 0 Å². The molecule has 0 aromatic rings. The lowest BCUT2D eigenvalue weighted by atomic mass is 10.2. The molecule has 0 heterocycles. The van der Waals surface area contributed by atoms with E-state index < -0.39 is 11.9 Å². The third-order valence-corrected chi connectivity index (χ3v) is 1.37. The van der Waals surface area contributed by atoms with Crippen LogP contribution in [-0.4, -0.2) is 23.7 Å². The fourth-order valence-electron chi connectivity index (χ4n) is 0.726. The monoisotopic (exact) mass is 209 g/mol. The maximum atomic E-state index is 10.9. The molecule has 0 aliphatic rings. The second-order valence-corrected chi connectivity index (χ2v) is 2.60. The van der Waals surface area contributed by atoms with Crippen molar-refractivity contribution in [2.24, 2.45) is 0 Å². The third kappa shape index (κ3) is 9.91. The van der Waals surface area contributed by atoms with E-state index in [-0.39, 0.29) is 32.3 Å². The zero-order chi connectivity index (χ0) is 11.5. The molecule has 15 heavy (non-hydrogen) atoms. The van der Waals surface area contributed by atoms with Gasteiger partial charge in [-0.1, -0.05) is 11.8 Å². The zero-order valence-electron chi connectivity index (χ0n) is 8.15. The highest BCUT2D eigenvalue weighted by Gasteiger charge is 2.03. The normalized spacial score (nSPS) is 8.20. The van der Waals surface area contributed by atoms with Crippen LogP contribution in [0, 0.1) is 23.2 Å². The predicted molar refractivity (Wildman–Crippen MR) is 50.5 cm³/mol. The minimum Gasteiger partial charge on any atom is -0.481 e. The van der Waals surface area contributed by atoms with Crippen molar-refractivity contribution < 1.29 is 19.4 Å². The number of hydrogen-bond donors (Lipinski definition) is 1. The van der Waals surface area contributed by atoms with Crippen LogP contribution in [0.1, 0.15) is 25.7 Å². The molecular formula is C10H11NO4. The second kappa shape index (κ2) is 8.58. The van der Waals surface area contributed by atoms with Crippen LogP contribution in [0.15, 0.2) is 0 Å². The first-order valence-corrected chi connectivity index (χ1v) is 4.37. The first-order chi connectivity index (χ1) is 7.16. The van der Waals surface area contributed by atoms with Crippen LogP contribution in [0.3, 0.4) is 0 Å². The van der Waals surface area contributed by atoms with Gasteiger partial charge in [-0.15, -0.1) is 0 Å². The Kier molecular flexibility index (Phi) is 7.43. The molecule has 5 heteroatoms. The van der Waals surface area contributed by atoms with Crippen LogP contribution in [0.4, 0.5) is 0 Å². The number of rotatable bonds is 5. The van der Waals surface area contributed by atoms with E-state index in [1.807, 2.05) is 6.07 Å². The Hall–Kier alpha value is -2.01. The van der Waals surface area contributed by atoms with Crippen LogP contribution in [-0.2, 0) is 14.3 Å². The SMILES string of the molecule is N#CCC#CCOC(=O)CCCC(=O)O. The average Bonchev–Trinajstić information content (AvgIpc) is 2.17. The maximum Gasteiger partial charge on any atom is 0.306 e. The molecule has 0 bridgehead atoms. The van der Waals surface area contributed by atoms with Crippen molar-refractivity contribution in [3.05, 3.63) is 0 Å². The summed E-state index contributed by atoms with van der Waals surface area (Å²) in [4.78, 5) is 21.0. The van der Waals surface area contributed by atoms with Crippen molar-refractivity contribution in [3.63, 3.8) is 0 Å². The number of ether oxygens (including phenoxy) is 1. The minimum atomic E-state index is -0.934. The summed E-state index contributed by atoms with van der Waals surface area (Å²) in [6.45, 7) is -0.0480. The molecule has 0 fully saturated rings. The van der Waals surface area contributed by atoms with E-state index in [2.05, 4.69) is 16.6 Å². The Morgan fingerprint density at radius 1 is 1.27 bits per heavy atom. The van der Waals surface area contributed by atoms with Crippen molar-refractivity contribution in [3.8, 4) is 17.9 Å². The number of carboxylic acid groups (broad SMARTS) is 1. The van der Waals surface area contributed by atoms with E-state index >= 15 is 0 Å². The second-order valence-electron chi connectivity index (χ2n) is 2.60. The van der Waals surface area contributed by atoms with Gasteiger partial charge in [0.15, 0.2) is 6.61 Å². The van der Waals surface area contributed by atoms with Gasteiger partial charge in [-0.2, -0.15) is 5.26 Å². The van der Waals surface area contributed by atoms with Gasteiger partial charge < -0.3 is 9.84 Å². The standard InChI is InChI=1S/C10H11NO4/c11-7-2-1-3-8-15-10(14)6-4-5-9(12)13/h2,4-6,8H2,(H,12,13). The highest BCUT2D eigenvalue weighted by atomic mass is 16.5. The van der Waals surface area contributed by atoms with Crippen LogP contribution >= 0.6 is 0 Å². The fourth-order valence-corrected chi connectivity index (χ4v) is 0.726. The Morgan fingerprint density at radius 2 is 2.00 bits per heavy atom. The highest BCUT2D eigenvalue weighted by Crippen LogP contribution is 1.97. The van der Waals surface area contributed by atoms with Crippen molar-refractivity contribution >= 4 is 11.9 Å². The molecule has 0 atom stereocenters. The number of hydrogen-bond acceptors (Lipinski definition) is 4. The largest absolute Gasteiger partial charge is 0.481 e. The molecule has 1 N–H and O–H groups in total. The Labute approximate surface area is 87.6 Å². The minimum absolute atomic E-state index is 0.0464. The molecule has 0 radical (unpaired) electrons. The van der Waals surface area contributed by atoms with Crippen molar-refractivity contribution in [1.29, 1.82) is 5.26 Å². The molecule has 80 valence electrons. The number of carbonyl (C=O) groups excluding carboxylic acids is 1. The predicted octanol–water partition coefficient (Wildman–Crippen LogP) is 0.702. The van der Waals surface area contributed by atoms with Gasteiger partial charge in [0.25, 0.3) is 0 Å². The summed E-state index contributed by atoms with van der Waals surface area (Å²) >= 11 is 0. The number of carbonyl (C=O) groups is 2. The zero-order valence-corrected chi connectivity index (χ0v) is 8.15. The summed E-state index contributed by atoms with van der Waals surface area (Å²) in [5, 5.41) is 16.4. The van der Waals surface area contributed by atoms with Crippen LogP contribution in [0.5, 0.6) is 0 Å². The van der Waals surface area contributed by atoms with Crippen molar-refractivity contribution in [1.82, 2.24) is 0 Å². The van der Waals surface area contributed by atoms with Gasteiger partial charge in [-0.3, -0.25) is 9.59 Å². The van der Waals surface area contributed by atoms with E-state index in [4.69, 9.17) is 10.4 Å². The Bertz CT molecular complexity index is 319. The molecule has 0 aromatic heterocycles. The average molecular weight is 209 g/mol. The van der Waals surface area contributed by atoms with Crippen molar-refractivity contribution in [2.45, 2.75) is 25.7 Å². The Morgan fingerprint density at radius 3 is 2.60 bits per heavy atom. The molecule has 0 aliphatic carbocycles. The number of carboxylic acids is 1. The maximum absolute atomic E-state index is 10.9. The van der Waals surface area contributed by atoms with Gasteiger partial charge >= 0.3 is 11.9 Å². The van der Waals surface area contributed by atoms with Gasteiger partial charge in [-0.05, 0) is 6.42 Å². The Balaban J connectivity index is 3.47. The number of aliphatic carboxylic acids is 1. The smallest absolute Gasteiger partial charge is 0.306 e. The molecule has 0 amide bonds. The number of nitrogens with zero attached hydrogens (tertiary/aromatic N) is 1. The lowest BCUT2D eigenvalue weighted by molar-refractivity contribution is -0.142. The molecule has 0 rings (SSSR count). The summed E-state index contributed by atoms with van der Waals surface area (Å²) in [5.41, 5.74) is 0. The first-order valence-electron chi connectivity index (χ1n) is 4.37. The number of esters is 1. The summed E-state index contributed by atoms with van der Waals surface area (Å²) in [6.07, 6.45) is 0.401. The lowest BCUT2D eigenvalue weighted by Crippen LogP contribution is -2.05. The van der Waals surface area contributed by atoms with Crippen molar-refractivity contribution in [2.75, 3.05) is 6.61 Å². The van der Waals surface area contributed by atoms with E-state index in [0.717, 1.165) is 0 Å². The van der Waals surface area contributed by atoms with Gasteiger partial charge in [-0.25, -0.2) is 0 Å². The summed E-state index contributed by atoms with van der Waals surface area (Å²) < 4.78 is 4.66. The topological polar surface area (TPSA) is 87.4 Å². The van der Waals surface area contributed by atoms with Crippen LogP contribution < -0.4 is 0 Å². The van der Waals surface area contributed by atoms with E-state index in [0.29, 0.717) is 0 Å². The molecule has 5 nitrogen and oxygen atoms in total. The van der Waals surface area contributed by atoms with Gasteiger partial charge in [0.2, 0.25) is 0 Å². The molecule has 0 spiro atoms. The highest BCUT2D eigenvalue weighted by molar-refractivity contribution is 5.71. The molecule has 0 saturated heterocycles. The summed E-state index contributed by atoms with van der Waals surface area (Å²) in [7, 11) is 0. The van der Waals surface area contributed by atoms with E-state index in [9.17, 15) is 9.59 Å². The van der Waals surface area contributed by atoms with Gasteiger partial charge in [0.1, 0.15) is 0 Å². The summed E-state index contributed by atoms with van der Waals surface area (Å²) in [5.74, 6) is 3.56. The lowest BCUT2D eigenvalue weighted by Gasteiger charge is -1.98. The van der Waals surface area contributed by atoms with Crippen LogP contribution in [0.25, 0.3) is 0 Å². The quantitative estimate of drug-likeness (QED) is 0.532. The summed E-state index contributed by atoms with van der Waals surface area (Å²) in [6, 6.07) is 1.82. The van der Waals surface area contributed by atoms with Crippen LogP contribution in [0.2, 0.25) is 0 Å². The van der Waals surface area contributed by atoms with Gasteiger partial charge in [0, 0.05) is 12.8 Å². The van der Waals surface area contributed by atoms with Gasteiger partial charge in [0.05, 0.1) is 12.5 Å². The fraction of sp³-hybridized carbons (Fsp3) is 0.500.